The van der Waals surface area contributed by atoms with Crippen molar-refractivity contribution in [3.05, 3.63) is 77.9 Å². The van der Waals surface area contributed by atoms with E-state index in [1.54, 1.807) is 0 Å². The van der Waals surface area contributed by atoms with Crippen molar-refractivity contribution in [3.63, 3.8) is 0 Å². The van der Waals surface area contributed by atoms with Gasteiger partial charge in [-0.3, -0.25) is 9.88 Å². The molecule has 0 bridgehead atoms. The lowest BCUT2D eigenvalue weighted by Gasteiger charge is -2.32. The summed E-state index contributed by atoms with van der Waals surface area (Å²) in [6.45, 7) is 5.38. The average Bonchev–Trinajstić information content (AvgIpc) is 3.04. The van der Waals surface area contributed by atoms with Crippen LogP contribution in [0.25, 0.3) is 5.69 Å². The van der Waals surface area contributed by atoms with Crippen molar-refractivity contribution in [2.75, 3.05) is 13.1 Å². The molecule has 0 saturated carbocycles. The van der Waals surface area contributed by atoms with Gasteiger partial charge in [-0.2, -0.15) is 5.10 Å². The Morgan fingerprint density at radius 3 is 2.44 bits per heavy atom. The second-order valence-electron chi connectivity index (χ2n) is 6.85. The summed E-state index contributed by atoms with van der Waals surface area (Å²) in [5, 5.41) is 4.69. The molecule has 1 aliphatic rings. The molecule has 0 radical (unpaired) electrons. The lowest BCUT2D eigenvalue weighted by atomic mass is 9.90. The zero-order chi connectivity index (χ0) is 17.1. The normalized spacial score (nSPS) is 16.2. The Morgan fingerprint density at radius 2 is 1.72 bits per heavy atom. The van der Waals surface area contributed by atoms with Crippen LogP contribution in [0.5, 0.6) is 0 Å². The molecule has 1 fully saturated rings. The van der Waals surface area contributed by atoms with E-state index in [0.717, 1.165) is 31.0 Å². The van der Waals surface area contributed by atoms with Gasteiger partial charge in [0, 0.05) is 30.7 Å². The van der Waals surface area contributed by atoms with Crippen molar-refractivity contribution in [2.24, 2.45) is 0 Å². The van der Waals surface area contributed by atoms with Gasteiger partial charge in [0.15, 0.2) is 0 Å². The van der Waals surface area contributed by atoms with E-state index in [1.165, 1.54) is 24.0 Å². The van der Waals surface area contributed by atoms with Crippen LogP contribution >= 0.6 is 0 Å². The summed E-state index contributed by atoms with van der Waals surface area (Å²) in [7, 11) is 0. The van der Waals surface area contributed by atoms with E-state index in [9.17, 15) is 0 Å². The molecule has 2 aromatic heterocycles. The van der Waals surface area contributed by atoms with Gasteiger partial charge in [0.1, 0.15) is 0 Å². The van der Waals surface area contributed by atoms with Crippen molar-refractivity contribution < 1.29 is 0 Å². The number of rotatable bonds is 4. The van der Waals surface area contributed by atoms with Gasteiger partial charge in [0.25, 0.3) is 0 Å². The standard InChI is InChI=1S/C21H24N4/c1-17-20(16-25(23-17)21-5-3-2-4-6-21)15-24-13-9-19(10-14-24)18-7-11-22-12-8-18/h2-8,11-12,16,19H,9-10,13-15H2,1H3. The molecule has 25 heavy (non-hydrogen) atoms. The van der Waals surface area contributed by atoms with E-state index >= 15 is 0 Å². The van der Waals surface area contributed by atoms with Gasteiger partial charge < -0.3 is 0 Å². The highest BCUT2D eigenvalue weighted by molar-refractivity contribution is 5.32. The molecule has 0 N–H and O–H groups in total. The molecule has 0 aliphatic carbocycles. The zero-order valence-electron chi connectivity index (χ0n) is 14.7. The number of likely N-dealkylation sites (tertiary alicyclic amines) is 1. The van der Waals surface area contributed by atoms with Gasteiger partial charge in [0.05, 0.1) is 11.4 Å². The molecule has 4 heteroatoms. The number of benzene rings is 1. The van der Waals surface area contributed by atoms with Gasteiger partial charge in [-0.1, -0.05) is 18.2 Å². The van der Waals surface area contributed by atoms with Gasteiger partial charge in [-0.15, -0.1) is 0 Å². The minimum Gasteiger partial charge on any atom is -0.299 e. The first-order valence-corrected chi connectivity index (χ1v) is 9.02. The zero-order valence-corrected chi connectivity index (χ0v) is 14.7. The summed E-state index contributed by atoms with van der Waals surface area (Å²) < 4.78 is 1.99. The predicted molar refractivity (Wildman–Crippen MR) is 99.8 cm³/mol. The second kappa shape index (κ2) is 7.19. The van der Waals surface area contributed by atoms with Crippen LogP contribution < -0.4 is 0 Å². The van der Waals surface area contributed by atoms with E-state index in [-0.39, 0.29) is 0 Å². The molecule has 1 aliphatic heterocycles. The molecule has 4 rings (SSSR count). The van der Waals surface area contributed by atoms with Gasteiger partial charge in [-0.25, -0.2) is 4.68 Å². The Labute approximate surface area is 149 Å². The van der Waals surface area contributed by atoms with E-state index < -0.39 is 0 Å². The molecular formula is C21H24N4. The van der Waals surface area contributed by atoms with Gasteiger partial charge in [0.2, 0.25) is 0 Å². The van der Waals surface area contributed by atoms with E-state index in [2.05, 4.69) is 59.4 Å². The SMILES string of the molecule is Cc1nn(-c2ccccc2)cc1CN1CCC(c2ccncc2)CC1. The van der Waals surface area contributed by atoms with Crippen LogP contribution in [0, 0.1) is 6.92 Å². The van der Waals surface area contributed by atoms with Gasteiger partial charge in [-0.05, 0) is 68.6 Å². The van der Waals surface area contributed by atoms with E-state index in [1.807, 2.05) is 23.1 Å². The summed E-state index contributed by atoms with van der Waals surface area (Å²) in [5.74, 6) is 0.674. The first kappa shape index (κ1) is 16.0. The van der Waals surface area contributed by atoms with Crippen LogP contribution in [-0.4, -0.2) is 32.8 Å². The van der Waals surface area contributed by atoms with Crippen LogP contribution in [0.2, 0.25) is 0 Å². The molecular weight excluding hydrogens is 308 g/mol. The topological polar surface area (TPSA) is 34.0 Å². The summed E-state index contributed by atoms with van der Waals surface area (Å²) in [6.07, 6.45) is 8.43. The quantitative estimate of drug-likeness (QED) is 0.725. The number of para-hydroxylation sites is 1. The number of pyridine rings is 1. The number of aromatic nitrogens is 3. The monoisotopic (exact) mass is 332 g/mol. The fraction of sp³-hybridized carbons (Fsp3) is 0.333. The Bertz CT molecular complexity index is 802. The number of hydrogen-bond donors (Lipinski definition) is 0. The smallest absolute Gasteiger partial charge is 0.0645 e. The minimum absolute atomic E-state index is 0.674. The van der Waals surface area contributed by atoms with E-state index in [4.69, 9.17) is 5.10 Å². The lowest BCUT2D eigenvalue weighted by molar-refractivity contribution is 0.204. The molecule has 1 aromatic carbocycles. The molecule has 3 aromatic rings. The fourth-order valence-electron chi connectivity index (χ4n) is 3.66. The highest BCUT2D eigenvalue weighted by Gasteiger charge is 2.21. The van der Waals surface area contributed by atoms with Crippen molar-refractivity contribution >= 4 is 0 Å². The second-order valence-corrected chi connectivity index (χ2v) is 6.85. The van der Waals surface area contributed by atoms with Crippen LogP contribution in [0.3, 0.4) is 0 Å². The third-order valence-electron chi connectivity index (χ3n) is 5.18. The molecule has 1 saturated heterocycles. The minimum atomic E-state index is 0.674. The highest BCUT2D eigenvalue weighted by Crippen LogP contribution is 2.28. The lowest BCUT2D eigenvalue weighted by Crippen LogP contribution is -2.32. The fourth-order valence-corrected chi connectivity index (χ4v) is 3.66. The molecule has 0 amide bonds. The predicted octanol–water partition coefficient (Wildman–Crippen LogP) is 3.96. The summed E-state index contributed by atoms with van der Waals surface area (Å²) in [4.78, 5) is 6.68. The first-order valence-electron chi connectivity index (χ1n) is 9.02. The molecule has 0 unspecified atom stereocenters. The van der Waals surface area contributed by atoms with Crippen molar-refractivity contribution in [1.29, 1.82) is 0 Å². The van der Waals surface area contributed by atoms with Crippen molar-refractivity contribution in [1.82, 2.24) is 19.7 Å². The van der Waals surface area contributed by atoms with Crippen LogP contribution in [0.4, 0.5) is 0 Å². The number of hydrogen-bond acceptors (Lipinski definition) is 3. The molecule has 128 valence electrons. The van der Waals surface area contributed by atoms with Crippen molar-refractivity contribution in [3.8, 4) is 5.69 Å². The van der Waals surface area contributed by atoms with Crippen LogP contribution in [0.1, 0.15) is 35.6 Å². The summed E-state index contributed by atoms with van der Waals surface area (Å²) >= 11 is 0. The number of aryl methyl sites for hydroxylation is 1. The molecule has 0 atom stereocenters. The third-order valence-corrected chi connectivity index (χ3v) is 5.18. The summed E-state index contributed by atoms with van der Waals surface area (Å²) in [5.41, 5.74) is 5.00. The maximum Gasteiger partial charge on any atom is 0.0645 e. The third kappa shape index (κ3) is 3.64. The van der Waals surface area contributed by atoms with Gasteiger partial charge >= 0.3 is 0 Å². The Hall–Kier alpha value is -2.46. The maximum absolute atomic E-state index is 4.69. The summed E-state index contributed by atoms with van der Waals surface area (Å²) in [6, 6.07) is 14.6. The first-order chi connectivity index (χ1) is 12.3. The van der Waals surface area contributed by atoms with Crippen molar-refractivity contribution in [2.45, 2.75) is 32.2 Å². The number of nitrogens with zero attached hydrogens (tertiary/aromatic N) is 4. The Morgan fingerprint density at radius 1 is 1.00 bits per heavy atom. The Balaban J connectivity index is 1.40. The largest absolute Gasteiger partial charge is 0.299 e. The molecule has 4 nitrogen and oxygen atoms in total. The van der Waals surface area contributed by atoms with Crippen LogP contribution in [-0.2, 0) is 6.54 Å². The van der Waals surface area contributed by atoms with E-state index in [0.29, 0.717) is 5.92 Å². The highest BCUT2D eigenvalue weighted by atomic mass is 15.3. The average molecular weight is 332 g/mol. The molecule has 3 heterocycles. The maximum atomic E-state index is 4.69. The number of piperidine rings is 1. The van der Waals surface area contributed by atoms with Crippen LogP contribution in [0.15, 0.2) is 61.1 Å². The Kier molecular flexibility index (Phi) is 4.61. The molecule has 0 spiro atoms.